The fourth-order valence-corrected chi connectivity index (χ4v) is 3.59. The number of rotatable bonds is 6. The van der Waals surface area contributed by atoms with Crippen molar-refractivity contribution in [2.75, 3.05) is 13.7 Å². The minimum atomic E-state index is -0.677. The molecule has 0 amide bonds. The summed E-state index contributed by atoms with van der Waals surface area (Å²) in [6.45, 7) is 4.14. The first kappa shape index (κ1) is 18.1. The molecule has 1 fully saturated rings. The predicted octanol–water partition coefficient (Wildman–Crippen LogP) is 5.43. The van der Waals surface area contributed by atoms with Crippen LogP contribution in [0.2, 0.25) is 0 Å². The van der Waals surface area contributed by atoms with Crippen molar-refractivity contribution >= 4 is 34.8 Å². The zero-order valence-corrected chi connectivity index (χ0v) is 15.6. The Balaban J connectivity index is 1.88. The minimum Gasteiger partial charge on any atom is -0.493 e. The Bertz CT molecular complexity index is 550. The Hall–Kier alpha value is -1.24. The van der Waals surface area contributed by atoms with Crippen LogP contribution in [-0.2, 0) is 4.74 Å². The van der Waals surface area contributed by atoms with Gasteiger partial charge in [0, 0.05) is 0 Å². The van der Waals surface area contributed by atoms with Gasteiger partial charge in [-0.1, -0.05) is 44.8 Å². The predicted molar refractivity (Wildman–Crippen MR) is 99.0 cm³/mol. The van der Waals surface area contributed by atoms with Gasteiger partial charge in [0.2, 0.25) is 0 Å². The molecule has 0 aliphatic heterocycles. The Morgan fingerprint density at radius 2 is 2.09 bits per heavy atom. The topological polar surface area (TPSA) is 44.8 Å². The van der Waals surface area contributed by atoms with E-state index in [2.05, 4.69) is 29.2 Å². The molecule has 1 aromatic rings. The van der Waals surface area contributed by atoms with Crippen molar-refractivity contribution < 1.29 is 19.0 Å². The second-order valence-electron chi connectivity index (χ2n) is 5.73. The normalized spacial score (nSPS) is 15.0. The van der Waals surface area contributed by atoms with E-state index in [4.69, 9.17) is 14.2 Å². The molecule has 1 aliphatic rings. The van der Waals surface area contributed by atoms with Crippen molar-refractivity contribution in [1.82, 2.24) is 0 Å². The van der Waals surface area contributed by atoms with Crippen molar-refractivity contribution in [1.29, 1.82) is 0 Å². The van der Waals surface area contributed by atoms with E-state index in [-0.39, 0.29) is 0 Å². The first-order valence-electron chi connectivity index (χ1n) is 7.98. The summed E-state index contributed by atoms with van der Waals surface area (Å²) in [6, 6.07) is 3.65. The molecule has 1 aliphatic carbocycles. The van der Waals surface area contributed by atoms with Crippen molar-refractivity contribution in [3.05, 3.63) is 27.8 Å². The van der Waals surface area contributed by atoms with Crippen molar-refractivity contribution in [2.24, 2.45) is 5.92 Å². The monoisotopic (exact) mass is 430 g/mol. The number of carbonyl (C=O) groups is 1. The third-order valence-corrected chi connectivity index (χ3v) is 4.94. The van der Waals surface area contributed by atoms with Gasteiger partial charge < -0.3 is 14.2 Å². The fraction of sp³-hybridized carbons (Fsp3) is 0.500. The molecule has 23 heavy (non-hydrogen) atoms. The largest absolute Gasteiger partial charge is 0.514 e. The van der Waals surface area contributed by atoms with Crippen LogP contribution >= 0.6 is 22.6 Å². The molecule has 5 heteroatoms. The Morgan fingerprint density at radius 3 is 2.74 bits per heavy atom. The zero-order chi connectivity index (χ0) is 16.7. The summed E-state index contributed by atoms with van der Waals surface area (Å²) in [5.74, 6) is 1.57. The van der Waals surface area contributed by atoms with E-state index in [0.29, 0.717) is 24.0 Å². The summed E-state index contributed by atoms with van der Waals surface area (Å²) < 4.78 is 16.6. The average molecular weight is 430 g/mol. The van der Waals surface area contributed by atoms with Gasteiger partial charge in [-0.25, -0.2) is 4.79 Å². The summed E-state index contributed by atoms with van der Waals surface area (Å²) in [7, 11) is 1.54. The second kappa shape index (κ2) is 9.15. The zero-order valence-electron chi connectivity index (χ0n) is 13.5. The van der Waals surface area contributed by atoms with Crippen LogP contribution in [-0.4, -0.2) is 19.9 Å². The smallest absolute Gasteiger partial charge is 0.493 e. The van der Waals surface area contributed by atoms with E-state index < -0.39 is 6.16 Å². The Labute approximate surface area is 151 Å². The Morgan fingerprint density at radius 1 is 1.35 bits per heavy atom. The molecule has 2 rings (SSSR count). The van der Waals surface area contributed by atoms with Crippen LogP contribution in [0.4, 0.5) is 4.79 Å². The van der Waals surface area contributed by atoms with E-state index in [9.17, 15) is 4.79 Å². The maximum atomic E-state index is 11.9. The lowest BCUT2D eigenvalue weighted by Gasteiger charge is -2.21. The van der Waals surface area contributed by atoms with E-state index in [1.54, 1.807) is 19.3 Å². The van der Waals surface area contributed by atoms with E-state index in [1.807, 2.05) is 6.07 Å². The van der Waals surface area contributed by atoms with Gasteiger partial charge in [-0.15, -0.1) is 0 Å². The van der Waals surface area contributed by atoms with Crippen molar-refractivity contribution in [3.63, 3.8) is 0 Å². The third kappa shape index (κ3) is 5.41. The van der Waals surface area contributed by atoms with Gasteiger partial charge >= 0.3 is 6.16 Å². The molecule has 0 unspecified atom stereocenters. The van der Waals surface area contributed by atoms with Gasteiger partial charge in [-0.2, -0.15) is 0 Å². The van der Waals surface area contributed by atoms with Gasteiger partial charge in [0.15, 0.2) is 11.5 Å². The van der Waals surface area contributed by atoms with Gasteiger partial charge in [-0.3, -0.25) is 0 Å². The molecule has 0 radical (unpaired) electrons. The molecular formula is C18H23IO4. The quantitative estimate of drug-likeness (QED) is 0.343. The van der Waals surface area contributed by atoms with Crippen molar-refractivity contribution in [3.8, 4) is 11.5 Å². The SMILES string of the molecule is C=Cc1cc(I)c(OC(=O)OCCC2CCCCC2)c(OC)c1. The first-order chi connectivity index (χ1) is 11.1. The maximum Gasteiger partial charge on any atom is 0.514 e. The first-order valence-corrected chi connectivity index (χ1v) is 9.06. The summed E-state index contributed by atoms with van der Waals surface area (Å²) in [5.41, 5.74) is 0.907. The highest BCUT2D eigenvalue weighted by Gasteiger charge is 2.17. The molecule has 4 nitrogen and oxygen atoms in total. The van der Waals surface area contributed by atoms with Crippen LogP contribution in [0.25, 0.3) is 6.08 Å². The number of ether oxygens (including phenoxy) is 3. The lowest BCUT2D eigenvalue weighted by Crippen LogP contribution is -2.16. The average Bonchev–Trinajstić information content (AvgIpc) is 2.57. The minimum absolute atomic E-state index is 0.390. The molecule has 0 bridgehead atoms. The van der Waals surface area contributed by atoms with E-state index in [1.165, 1.54) is 32.1 Å². The molecular weight excluding hydrogens is 407 g/mol. The van der Waals surface area contributed by atoms with Crippen molar-refractivity contribution in [2.45, 2.75) is 38.5 Å². The second-order valence-corrected chi connectivity index (χ2v) is 6.89. The van der Waals surface area contributed by atoms with Crippen LogP contribution in [0.1, 0.15) is 44.1 Å². The summed E-state index contributed by atoms with van der Waals surface area (Å²) in [4.78, 5) is 11.9. The number of carbonyl (C=O) groups excluding carboxylic acids is 1. The highest BCUT2D eigenvalue weighted by atomic mass is 127. The van der Waals surface area contributed by atoms with Crippen LogP contribution in [0.3, 0.4) is 0 Å². The lowest BCUT2D eigenvalue weighted by molar-refractivity contribution is 0.0898. The molecule has 1 aromatic carbocycles. The molecule has 1 saturated carbocycles. The number of hydrogen-bond acceptors (Lipinski definition) is 4. The van der Waals surface area contributed by atoms with Crippen LogP contribution in [0.5, 0.6) is 11.5 Å². The number of hydrogen-bond donors (Lipinski definition) is 0. The summed E-state index contributed by atoms with van der Waals surface area (Å²) in [6.07, 6.45) is 8.36. The van der Waals surface area contributed by atoms with Crippen LogP contribution < -0.4 is 9.47 Å². The molecule has 0 spiro atoms. The molecule has 126 valence electrons. The molecule has 0 aromatic heterocycles. The van der Waals surface area contributed by atoms with Crippen LogP contribution in [0.15, 0.2) is 18.7 Å². The number of benzene rings is 1. The van der Waals surface area contributed by atoms with Crippen LogP contribution in [0, 0.1) is 9.49 Å². The molecule has 0 N–H and O–H groups in total. The molecule has 0 saturated heterocycles. The number of methoxy groups -OCH3 is 1. The van der Waals surface area contributed by atoms with E-state index in [0.717, 1.165) is 15.6 Å². The summed E-state index contributed by atoms with van der Waals surface area (Å²) in [5, 5.41) is 0. The highest BCUT2D eigenvalue weighted by molar-refractivity contribution is 14.1. The van der Waals surface area contributed by atoms with E-state index >= 15 is 0 Å². The van der Waals surface area contributed by atoms with Gasteiger partial charge in [-0.05, 0) is 52.6 Å². The number of halogens is 1. The lowest BCUT2D eigenvalue weighted by atomic mass is 9.87. The molecule has 0 heterocycles. The van der Waals surface area contributed by atoms with Gasteiger partial charge in [0.1, 0.15) is 0 Å². The standard InChI is InChI=1S/C18H23IO4/c1-3-13-11-15(19)17(16(12-13)21-2)23-18(20)22-10-9-14-7-5-4-6-8-14/h3,11-12,14H,1,4-10H2,2H3. The van der Waals surface area contributed by atoms with Gasteiger partial charge in [0.05, 0.1) is 17.3 Å². The van der Waals surface area contributed by atoms with Gasteiger partial charge in [0.25, 0.3) is 0 Å². The maximum absolute atomic E-state index is 11.9. The Kier molecular flexibility index (Phi) is 7.20. The molecule has 0 atom stereocenters. The third-order valence-electron chi connectivity index (χ3n) is 4.14. The fourth-order valence-electron chi connectivity index (χ4n) is 2.85. The summed E-state index contributed by atoms with van der Waals surface area (Å²) >= 11 is 2.10. The highest BCUT2D eigenvalue weighted by Crippen LogP contribution is 2.34.